The highest BCUT2D eigenvalue weighted by atomic mass is 19.2. The molecule has 1 aromatic carbocycles. The van der Waals surface area contributed by atoms with Crippen LogP contribution >= 0.6 is 0 Å². The van der Waals surface area contributed by atoms with Gasteiger partial charge < -0.3 is 15.4 Å². The molecule has 0 saturated carbocycles. The van der Waals surface area contributed by atoms with E-state index < -0.39 is 35.1 Å². The van der Waals surface area contributed by atoms with Gasteiger partial charge in [-0.3, -0.25) is 9.69 Å². The summed E-state index contributed by atoms with van der Waals surface area (Å²) in [4.78, 5) is 26.1. The third-order valence-electron chi connectivity index (χ3n) is 4.50. The Morgan fingerprint density at radius 3 is 2.69 bits per heavy atom. The number of nitrogens with zero attached hydrogens (tertiary/aromatic N) is 1. The molecule has 2 heterocycles. The number of anilines is 1. The Balaban J connectivity index is 1.61. The molecule has 1 aromatic rings. The predicted molar refractivity (Wildman–Crippen MR) is 89.0 cm³/mol. The summed E-state index contributed by atoms with van der Waals surface area (Å²) in [5, 5.41) is 5.74. The Bertz CT molecular complexity index is 689. The molecule has 2 aliphatic heterocycles. The molecule has 0 spiro atoms. The van der Waals surface area contributed by atoms with Crippen molar-refractivity contribution in [3.05, 3.63) is 29.3 Å². The Morgan fingerprint density at radius 1 is 1.27 bits per heavy atom. The van der Waals surface area contributed by atoms with Crippen LogP contribution in [0.25, 0.3) is 0 Å². The minimum absolute atomic E-state index is 0.0121. The highest BCUT2D eigenvalue weighted by molar-refractivity contribution is 5.97. The number of esters is 1. The molecule has 0 aromatic heterocycles. The third kappa shape index (κ3) is 3.98. The first kappa shape index (κ1) is 18.6. The summed E-state index contributed by atoms with van der Waals surface area (Å²) in [7, 11) is 1.06. The number of ether oxygens (including phenoxy) is 1. The second-order valence-corrected chi connectivity index (χ2v) is 6.21. The molecule has 2 atom stereocenters. The van der Waals surface area contributed by atoms with Gasteiger partial charge in [-0.15, -0.1) is 0 Å². The lowest BCUT2D eigenvalue weighted by atomic mass is 10.1. The molecule has 2 unspecified atom stereocenters. The van der Waals surface area contributed by atoms with E-state index in [2.05, 4.69) is 31.1 Å². The van der Waals surface area contributed by atoms with Crippen LogP contribution in [0.2, 0.25) is 0 Å². The fourth-order valence-electron chi connectivity index (χ4n) is 3.08. The van der Waals surface area contributed by atoms with Gasteiger partial charge in [0.15, 0.2) is 11.6 Å². The Labute approximate surface area is 149 Å². The number of rotatable bonds is 4. The van der Waals surface area contributed by atoms with Crippen LogP contribution in [0.4, 0.5) is 14.5 Å². The lowest BCUT2D eigenvalue weighted by molar-refractivity contribution is -0.119. The van der Waals surface area contributed by atoms with Crippen molar-refractivity contribution in [2.45, 2.75) is 25.0 Å². The Hall–Kier alpha value is -2.14. The smallest absolute Gasteiger partial charge is 0.341 e. The summed E-state index contributed by atoms with van der Waals surface area (Å²) in [6, 6.07) is 1.35. The SMILES string of the molecule is COC(=O)c1cc(NC(=O)C2CCC(N3CCNC3)NN2)cc(F)c1F. The number of halogens is 2. The van der Waals surface area contributed by atoms with Gasteiger partial charge in [0, 0.05) is 31.5 Å². The second-order valence-electron chi connectivity index (χ2n) is 6.21. The lowest BCUT2D eigenvalue weighted by Gasteiger charge is -2.35. The Kier molecular flexibility index (Phi) is 5.77. The van der Waals surface area contributed by atoms with Crippen molar-refractivity contribution in [3.8, 4) is 0 Å². The standard InChI is InChI=1S/C16H21F2N5O3/c1-26-16(25)10-6-9(7-11(17)14(10)18)20-15(24)12-2-3-13(22-21-12)23-5-4-19-8-23/h6-7,12-13,19,21-22H,2-5,8H2,1H3,(H,20,24). The van der Waals surface area contributed by atoms with E-state index in [4.69, 9.17) is 0 Å². The number of hydrogen-bond acceptors (Lipinski definition) is 7. The van der Waals surface area contributed by atoms with E-state index in [1.165, 1.54) is 0 Å². The van der Waals surface area contributed by atoms with Gasteiger partial charge in [-0.25, -0.2) is 24.4 Å². The van der Waals surface area contributed by atoms with E-state index in [0.29, 0.717) is 6.42 Å². The first-order valence-electron chi connectivity index (χ1n) is 8.33. The molecule has 4 N–H and O–H groups in total. The molecule has 0 bridgehead atoms. The first-order chi connectivity index (χ1) is 12.5. The third-order valence-corrected chi connectivity index (χ3v) is 4.50. The molecule has 8 nitrogen and oxygen atoms in total. The number of hydrazine groups is 1. The number of carbonyl (C=O) groups excluding carboxylic acids is 2. The van der Waals surface area contributed by atoms with Crippen LogP contribution in [0.15, 0.2) is 12.1 Å². The van der Waals surface area contributed by atoms with Crippen LogP contribution in [-0.4, -0.2) is 55.9 Å². The van der Waals surface area contributed by atoms with Crippen LogP contribution in [-0.2, 0) is 9.53 Å². The van der Waals surface area contributed by atoms with E-state index >= 15 is 0 Å². The number of hydrogen-bond donors (Lipinski definition) is 4. The fraction of sp³-hybridized carbons (Fsp3) is 0.500. The van der Waals surface area contributed by atoms with Crippen molar-refractivity contribution in [2.75, 3.05) is 32.2 Å². The summed E-state index contributed by atoms with van der Waals surface area (Å²) in [5.41, 5.74) is 5.47. The maximum absolute atomic E-state index is 13.7. The summed E-state index contributed by atoms with van der Waals surface area (Å²) in [6.07, 6.45) is 1.47. The zero-order valence-corrected chi connectivity index (χ0v) is 14.3. The molecule has 1 amide bonds. The van der Waals surface area contributed by atoms with E-state index in [0.717, 1.165) is 45.4 Å². The van der Waals surface area contributed by atoms with Gasteiger partial charge in [0.1, 0.15) is 11.6 Å². The van der Waals surface area contributed by atoms with Gasteiger partial charge in [0.25, 0.3) is 0 Å². The largest absolute Gasteiger partial charge is 0.465 e. The zero-order chi connectivity index (χ0) is 18.7. The first-order valence-corrected chi connectivity index (χ1v) is 8.33. The average Bonchev–Trinajstić information content (AvgIpc) is 3.18. The molecule has 2 fully saturated rings. The van der Waals surface area contributed by atoms with E-state index in [9.17, 15) is 18.4 Å². The van der Waals surface area contributed by atoms with Crippen LogP contribution in [0.3, 0.4) is 0 Å². The number of benzene rings is 1. The minimum Gasteiger partial charge on any atom is -0.465 e. The van der Waals surface area contributed by atoms with Crippen LogP contribution in [0.5, 0.6) is 0 Å². The van der Waals surface area contributed by atoms with E-state index in [1.54, 1.807) is 0 Å². The van der Waals surface area contributed by atoms with Gasteiger partial charge in [0.2, 0.25) is 5.91 Å². The minimum atomic E-state index is -1.31. The monoisotopic (exact) mass is 369 g/mol. The molecule has 2 aliphatic rings. The highest BCUT2D eigenvalue weighted by Crippen LogP contribution is 2.20. The van der Waals surface area contributed by atoms with Gasteiger partial charge in [-0.1, -0.05) is 0 Å². The molecular weight excluding hydrogens is 348 g/mol. The average molecular weight is 369 g/mol. The molecular formula is C16H21F2N5O3. The lowest BCUT2D eigenvalue weighted by Crippen LogP contribution is -2.60. The molecule has 10 heteroatoms. The van der Waals surface area contributed by atoms with Gasteiger partial charge in [-0.05, 0) is 18.9 Å². The summed E-state index contributed by atoms with van der Waals surface area (Å²) < 4.78 is 31.8. The Morgan fingerprint density at radius 2 is 2.08 bits per heavy atom. The molecule has 2 saturated heterocycles. The van der Waals surface area contributed by atoms with E-state index in [1.807, 2.05) is 0 Å². The zero-order valence-electron chi connectivity index (χ0n) is 14.3. The molecule has 26 heavy (non-hydrogen) atoms. The highest BCUT2D eigenvalue weighted by Gasteiger charge is 2.30. The quantitative estimate of drug-likeness (QED) is 0.561. The van der Waals surface area contributed by atoms with Gasteiger partial charge in [0.05, 0.1) is 13.3 Å². The number of amides is 1. The van der Waals surface area contributed by atoms with Crippen molar-refractivity contribution in [1.29, 1.82) is 0 Å². The summed E-state index contributed by atoms with van der Waals surface area (Å²) >= 11 is 0. The van der Waals surface area contributed by atoms with Crippen molar-refractivity contribution >= 4 is 17.6 Å². The summed E-state index contributed by atoms with van der Waals surface area (Å²) in [5.74, 6) is -3.97. The van der Waals surface area contributed by atoms with Crippen LogP contribution < -0.4 is 21.5 Å². The van der Waals surface area contributed by atoms with Gasteiger partial charge >= 0.3 is 5.97 Å². The topological polar surface area (TPSA) is 94.7 Å². The van der Waals surface area contributed by atoms with Gasteiger partial charge in [-0.2, -0.15) is 0 Å². The molecule has 0 aliphatic carbocycles. The van der Waals surface area contributed by atoms with Crippen LogP contribution in [0, 0.1) is 11.6 Å². The second kappa shape index (κ2) is 8.04. The molecule has 3 rings (SSSR count). The maximum atomic E-state index is 13.7. The number of carbonyl (C=O) groups is 2. The number of methoxy groups -OCH3 is 1. The summed E-state index contributed by atoms with van der Waals surface area (Å²) in [6.45, 7) is 2.66. The van der Waals surface area contributed by atoms with Crippen molar-refractivity contribution in [1.82, 2.24) is 21.1 Å². The fourth-order valence-corrected chi connectivity index (χ4v) is 3.08. The predicted octanol–water partition coefficient (Wildman–Crippen LogP) is 0.135. The van der Waals surface area contributed by atoms with E-state index in [-0.39, 0.29) is 11.9 Å². The molecule has 142 valence electrons. The van der Waals surface area contributed by atoms with Crippen molar-refractivity contribution in [2.24, 2.45) is 0 Å². The number of nitrogens with one attached hydrogen (secondary N) is 4. The van der Waals surface area contributed by atoms with Crippen LogP contribution in [0.1, 0.15) is 23.2 Å². The van der Waals surface area contributed by atoms with Crippen molar-refractivity contribution in [3.63, 3.8) is 0 Å². The maximum Gasteiger partial charge on any atom is 0.341 e. The van der Waals surface area contributed by atoms with Crippen molar-refractivity contribution < 1.29 is 23.1 Å². The molecule has 0 radical (unpaired) electrons. The normalized spacial score (nSPS) is 23.7.